The summed E-state index contributed by atoms with van der Waals surface area (Å²) in [4.78, 5) is 0. The zero-order valence-corrected chi connectivity index (χ0v) is 11.3. The van der Waals surface area contributed by atoms with E-state index in [1.54, 1.807) is 0 Å². The van der Waals surface area contributed by atoms with Crippen molar-refractivity contribution >= 4 is 0 Å². The summed E-state index contributed by atoms with van der Waals surface area (Å²) in [6.45, 7) is 4.48. The predicted molar refractivity (Wildman–Crippen MR) is 70.5 cm³/mol. The van der Waals surface area contributed by atoms with Gasteiger partial charge in [-0.2, -0.15) is 0 Å². The number of hydrogen-bond donors (Lipinski definition) is 1. The second-order valence-electron chi connectivity index (χ2n) is 5.65. The molecule has 0 bridgehead atoms. The maximum atomic E-state index is 10.0. The third kappa shape index (κ3) is 5.34. The van der Waals surface area contributed by atoms with E-state index in [2.05, 4.69) is 13.8 Å². The van der Waals surface area contributed by atoms with Gasteiger partial charge in [0.15, 0.2) is 0 Å². The van der Waals surface area contributed by atoms with Crippen LogP contribution in [0.25, 0.3) is 0 Å². The highest BCUT2D eigenvalue weighted by Crippen LogP contribution is 2.28. The standard InChI is InChI=1S/C15H30O/c1-3-13(4-2)12-15(16)11-10-14-8-6-5-7-9-14/h13-16H,3-12H2,1-2H3. The first-order valence-corrected chi connectivity index (χ1v) is 7.44. The first-order chi connectivity index (χ1) is 7.76. The lowest BCUT2D eigenvalue weighted by Crippen LogP contribution is -2.15. The van der Waals surface area contributed by atoms with Gasteiger partial charge in [0.05, 0.1) is 6.10 Å². The van der Waals surface area contributed by atoms with E-state index >= 15 is 0 Å². The highest BCUT2D eigenvalue weighted by atomic mass is 16.3. The molecule has 16 heavy (non-hydrogen) atoms. The van der Waals surface area contributed by atoms with Gasteiger partial charge in [-0.1, -0.05) is 58.8 Å². The maximum Gasteiger partial charge on any atom is 0.0543 e. The van der Waals surface area contributed by atoms with E-state index in [0.29, 0.717) is 0 Å². The molecule has 1 saturated carbocycles. The molecule has 1 fully saturated rings. The van der Waals surface area contributed by atoms with Crippen molar-refractivity contribution in [2.24, 2.45) is 11.8 Å². The van der Waals surface area contributed by atoms with Gasteiger partial charge in [0.2, 0.25) is 0 Å². The summed E-state index contributed by atoms with van der Waals surface area (Å²) < 4.78 is 0. The fourth-order valence-electron chi connectivity index (χ4n) is 3.03. The molecule has 0 amide bonds. The average Bonchev–Trinajstić information content (AvgIpc) is 2.34. The molecule has 0 aromatic rings. The van der Waals surface area contributed by atoms with Gasteiger partial charge in [-0.05, 0) is 31.1 Å². The third-order valence-electron chi connectivity index (χ3n) is 4.39. The van der Waals surface area contributed by atoms with Gasteiger partial charge < -0.3 is 5.11 Å². The molecule has 1 aliphatic carbocycles. The van der Waals surface area contributed by atoms with E-state index in [9.17, 15) is 5.11 Å². The van der Waals surface area contributed by atoms with Crippen molar-refractivity contribution in [3.05, 3.63) is 0 Å². The lowest BCUT2D eigenvalue weighted by Gasteiger charge is -2.23. The molecule has 1 heteroatoms. The smallest absolute Gasteiger partial charge is 0.0543 e. The van der Waals surface area contributed by atoms with Gasteiger partial charge >= 0.3 is 0 Å². The van der Waals surface area contributed by atoms with Crippen LogP contribution in [0.3, 0.4) is 0 Å². The molecule has 1 rings (SSSR count). The summed E-state index contributed by atoms with van der Waals surface area (Å²) in [5.74, 6) is 1.66. The van der Waals surface area contributed by atoms with Crippen LogP contribution < -0.4 is 0 Å². The van der Waals surface area contributed by atoms with E-state index in [1.807, 2.05) is 0 Å². The van der Waals surface area contributed by atoms with Crippen LogP contribution in [0.5, 0.6) is 0 Å². The molecule has 0 spiro atoms. The van der Waals surface area contributed by atoms with Crippen molar-refractivity contribution in [3.63, 3.8) is 0 Å². The Morgan fingerprint density at radius 3 is 2.25 bits per heavy atom. The van der Waals surface area contributed by atoms with E-state index < -0.39 is 0 Å². The maximum absolute atomic E-state index is 10.0. The molecule has 0 heterocycles. The topological polar surface area (TPSA) is 20.2 Å². The second kappa shape index (κ2) is 8.11. The zero-order chi connectivity index (χ0) is 11.8. The van der Waals surface area contributed by atoms with E-state index in [1.165, 1.54) is 51.4 Å². The van der Waals surface area contributed by atoms with Crippen LogP contribution in [0.4, 0.5) is 0 Å². The molecular formula is C15H30O. The minimum Gasteiger partial charge on any atom is -0.393 e. The molecule has 0 radical (unpaired) electrons. The predicted octanol–water partition coefficient (Wildman–Crippen LogP) is 4.53. The first-order valence-electron chi connectivity index (χ1n) is 7.44. The lowest BCUT2D eigenvalue weighted by molar-refractivity contribution is 0.119. The average molecular weight is 226 g/mol. The van der Waals surface area contributed by atoms with Crippen LogP contribution in [0, 0.1) is 11.8 Å². The second-order valence-corrected chi connectivity index (χ2v) is 5.65. The summed E-state index contributed by atoms with van der Waals surface area (Å²) >= 11 is 0. The van der Waals surface area contributed by atoms with E-state index in [4.69, 9.17) is 0 Å². The van der Waals surface area contributed by atoms with Gasteiger partial charge in [0.25, 0.3) is 0 Å². The minimum absolute atomic E-state index is 0.0353. The molecule has 96 valence electrons. The number of hydrogen-bond acceptors (Lipinski definition) is 1. The van der Waals surface area contributed by atoms with Crippen molar-refractivity contribution in [1.82, 2.24) is 0 Å². The van der Waals surface area contributed by atoms with Crippen molar-refractivity contribution in [1.29, 1.82) is 0 Å². The Kier molecular flexibility index (Phi) is 7.11. The van der Waals surface area contributed by atoms with Crippen LogP contribution in [0.15, 0.2) is 0 Å². The van der Waals surface area contributed by atoms with Gasteiger partial charge in [0.1, 0.15) is 0 Å². The van der Waals surface area contributed by atoms with Crippen LogP contribution in [-0.2, 0) is 0 Å². The van der Waals surface area contributed by atoms with Crippen LogP contribution in [0.2, 0.25) is 0 Å². The molecule has 0 aromatic carbocycles. The molecular weight excluding hydrogens is 196 g/mol. The summed E-state index contributed by atoms with van der Waals surface area (Å²) in [6.07, 6.45) is 12.9. The molecule has 1 aliphatic rings. The Morgan fingerprint density at radius 1 is 1.06 bits per heavy atom. The lowest BCUT2D eigenvalue weighted by atomic mass is 9.84. The zero-order valence-electron chi connectivity index (χ0n) is 11.3. The molecule has 1 nitrogen and oxygen atoms in total. The van der Waals surface area contributed by atoms with Crippen LogP contribution in [-0.4, -0.2) is 11.2 Å². The van der Waals surface area contributed by atoms with Gasteiger partial charge in [-0.3, -0.25) is 0 Å². The van der Waals surface area contributed by atoms with Crippen molar-refractivity contribution in [3.8, 4) is 0 Å². The molecule has 1 N–H and O–H groups in total. The van der Waals surface area contributed by atoms with Gasteiger partial charge in [-0.15, -0.1) is 0 Å². The van der Waals surface area contributed by atoms with Crippen molar-refractivity contribution < 1.29 is 5.11 Å². The molecule has 0 aliphatic heterocycles. The first kappa shape index (κ1) is 14.0. The van der Waals surface area contributed by atoms with Crippen LogP contribution >= 0.6 is 0 Å². The van der Waals surface area contributed by atoms with E-state index in [0.717, 1.165) is 24.7 Å². The molecule has 1 atom stereocenters. The largest absolute Gasteiger partial charge is 0.393 e. The number of aliphatic hydroxyl groups is 1. The summed E-state index contributed by atoms with van der Waals surface area (Å²) in [5.41, 5.74) is 0. The Hall–Kier alpha value is -0.0400. The highest BCUT2D eigenvalue weighted by Gasteiger charge is 2.16. The Bertz CT molecular complexity index is 157. The normalized spacial score (nSPS) is 20.2. The molecule has 0 saturated heterocycles. The van der Waals surface area contributed by atoms with Crippen molar-refractivity contribution in [2.45, 2.75) is 84.2 Å². The SMILES string of the molecule is CCC(CC)CC(O)CCC1CCCCC1. The third-order valence-corrected chi connectivity index (χ3v) is 4.39. The fraction of sp³-hybridized carbons (Fsp3) is 1.00. The fourth-order valence-corrected chi connectivity index (χ4v) is 3.03. The van der Waals surface area contributed by atoms with Crippen molar-refractivity contribution in [2.75, 3.05) is 0 Å². The van der Waals surface area contributed by atoms with Crippen LogP contribution in [0.1, 0.15) is 78.1 Å². The monoisotopic (exact) mass is 226 g/mol. The summed E-state index contributed by atoms with van der Waals surface area (Å²) in [5, 5.41) is 10.0. The Morgan fingerprint density at radius 2 is 1.69 bits per heavy atom. The number of rotatable bonds is 7. The van der Waals surface area contributed by atoms with Gasteiger partial charge in [-0.25, -0.2) is 0 Å². The summed E-state index contributed by atoms with van der Waals surface area (Å²) in [7, 11) is 0. The Labute approximate surface area is 102 Å². The molecule has 1 unspecified atom stereocenters. The highest BCUT2D eigenvalue weighted by molar-refractivity contribution is 4.69. The number of aliphatic hydroxyl groups excluding tert-OH is 1. The quantitative estimate of drug-likeness (QED) is 0.676. The van der Waals surface area contributed by atoms with E-state index in [-0.39, 0.29) is 6.10 Å². The molecule has 0 aromatic heterocycles. The Balaban J connectivity index is 2.10. The van der Waals surface area contributed by atoms with Gasteiger partial charge in [0, 0.05) is 0 Å². The minimum atomic E-state index is -0.0353. The summed E-state index contributed by atoms with van der Waals surface area (Å²) in [6, 6.07) is 0.